The van der Waals surface area contributed by atoms with Crippen molar-refractivity contribution >= 4 is 0 Å². The number of alkyl halides is 1. The standard InChI is InChI=1S/C8H11FN2O/c1-3-8(2,9)6-4-7(12)11-5-10-6/h4-5H,3H2,1-2H3,(H,10,11,12). The van der Waals surface area contributed by atoms with E-state index < -0.39 is 5.67 Å². The van der Waals surface area contributed by atoms with E-state index in [1.165, 1.54) is 19.3 Å². The van der Waals surface area contributed by atoms with Crippen LogP contribution in [0.1, 0.15) is 26.0 Å². The molecule has 0 radical (unpaired) electrons. The Morgan fingerprint density at radius 1 is 1.75 bits per heavy atom. The summed E-state index contributed by atoms with van der Waals surface area (Å²) in [7, 11) is 0. The number of H-pyrrole nitrogens is 1. The van der Waals surface area contributed by atoms with Crippen LogP contribution < -0.4 is 5.56 Å². The summed E-state index contributed by atoms with van der Waals surface area (Å²) in [5, 5.41) is 0. The van der Waals surface area contributed by atoms with Crippen molar-refractivity contribution in [2.75, 3.05) is 0 Å². The van der Waals surface area contributed by atoms with Gasteiger partial charge < -0.3 is 4.98 Å². The average molecular weight is 170 g/mol. The zero-order valence-electron chi connectivity index (χ0n) is 7.10. The van der Waals surface area contributed by atoms with Crippen molar-refractivity contribution in [2.45, 2.75) is 25.9 Å². The second kappa shape index (κ2) is 3.05. The Kier molecular flexibility index (Phi) is 2.26. The van der Waals surface area contributed by atoms with Gasteiger partial charge in [-0.2, -0.15) is 0 Å². The second-order valence-electron chi connectivity index (χ2n) is 2.85. The molecule has 0 aromatic carbocycles. The van der Waals surface area contributed by atoms with Crippen LogP contribution in [0.25, 0.3) is 0 Å². The van der Waals surface area contributed by atoms with Crippen molar-refractivity contribution in [3.63, 3.8) is 0 Å². The molecule has 0 saturated heterocycles. The van der Waals surface area contributed by atoms with Crippen LogP contribution in [-0.2, 0) is 5.67 Å². The molecule has 1 aromatic heterocycles. The first-order valence-electron chi connectivity index (χ1n) is 3.80. The number of aromatic amines is 1. The lowest BCUT2D eigenvalue weighted by Gasteiger charge is -2.15. The van der Waals surface area contributed by atoms with Crippen LogP contribution in [0.2, 0.25) is 0 Å². The molecule has 0 bridgehead atoms. The zero-order chi connectivity index (χ0) is 9.19. The van der Waals surface area contributed by atoms with Gasteiger partial charge in [0.05, 0.1) is 12.0 Å². The topological polar surface area (TPSA) is 45.8 Å². The highest BCUT2D eigenvalue weighted by Gasteiger charge is 2.24. The minimum Gasteiger partial charge on any atom is -0.313 e. The van der Waals surface area contributed by atoms with Gasteiger partial charge in [-0.05, 0) is 13.3 Å². The monoisotopic (exact) mass is 170 g/mol. The zero-order valence-corrected chi connectivity index (χ0v) is 7.10. The largest absolute Gasteiger partial charge is 0.313 e. The van der Waals surface area contributed by atoms with Crippen LogP contribution >= 0.6 is 0 Å². The molecule has 4 heteroatoms. The fourth-order valence-corrected chi connectivity index (χ4v) is 0.835. The average Bonchev–Trinajstić information content (AvgIpc) is 2.05. The molecule has 1 rings (SSSR count). The Morgan fingerprint density at radius 2 is 2.42 bits per heavy atom. The maximum atomic E-state index is 13.5. The van der Waals surface area contributed by atoms with E-state index in [4.69, 9.17) is 0 Å². The molecule has 1 unspecified atom stereocenters. The minimum atomic E-state index is -1.51. The van der Waals surface area contributed by atoms with Crippen molar-refractivity contribution < 1.29 is 4.39 Å². The number of nitrogens with one attached hydrogen (secondary N) is 1. The maximum Gasteiger partial charge on any atom is 0.251 e. The molecule has 1 aromatic rings. The molecule has 0 aliphatic rings. The van der Waals surface area contributed by atoms with Gasteiger partial charge in [-0.15, -0.1) is 0 Å². The van der Waals surface area contributed by atoms with E-state index in [0.717, 1.165) is 0 Å². The number of hydrogen-bond acceptors (Lipinski definition) is 2. The number of halogens is 1. The van der Waals surface area contributed by atoms with Crippen molar-refractivity contribution in [1.29, 1.82) is 0 Å². The molecular weight excluding hydrogens is 159 g/mol. The van der Waals surface area contributed by atoms with Gasteiger partial charge in [-0.25, -0.2) is 9.37 Å². The third-order valence-corrected chi connectivity index (χ3v) is 1.88. The molecule has 66 valence electrons. The summed E-state index contributed by atoms with van der Waals surface area (Å²) >= 11 is 0. The predicted octanol–water partition coefficient (Wildman–Crippen LogP) is 1.36. The first-order valence-corrected chi connectivity index (χ1v) is 3.80. The van der Waals surface area contributed by atoms with E-state index in [9.17, 15) is 9.18 Å². The molecule has 12 heavy (non-hydrogen) atoms. The molecule has 1 heterocycles. The Balaban J connectivity index is 3.11. The maximum absolute atomic E-state index is 13.5. The summed E-state index contributed by atoms with van der Waals surface area (Å²) < 4.78 is 13.5. The lowest BCUT2D eigenvalue weighted by Crippen LogP contribution is -2.19. The number of rotatable bonds is 2. The van der Waals surface area contributed by atoms with E-state index in [1.807, 2.05) is 0 Å². The summed E-state index contributed by atoms with van der Waals surface area (Å²) in [6.45, 7) is 3.12. The van der Waals surface area contributed by atoms with Gasteiger partial charge in [-0.3, -0.25) is 4.79 Å². The number of aromatic nitrogens is 2. The molecule has 0 fully saturated rings. The quantitative estimate of drug-likeness (QED) is 0.728. The lowest BCUT2D eigenvalue weighted by molar-refractivity contribution is 0.178. The summed E-state index contributed by atoms with van der Waals surface area (Å²) in [5.41, 5.74) is -1.64. The molecule has 1 atom stereocenters. The third kappa shape index (κ3) is 1.69. The Bertz CT molecular complexity index is 319. The SMILES string of the molecule is CCC(C)(F)c1cc(=O)[nH]cn1. The molecule has 0 aliphatic heterocycles. The normalized spacial score (nSPS) is 15.6. The van der Waals surface area contributed by atoms with Crippen LogP contribution in [0, 0.1) is 0 Å². The molecule has 0 saturated carbocycles. The first-order chi connectivity index (χ1) is 5.56. The second-order valence-corrected chi connectivity index (χ2v) is 2.85. The third-order valence-electron chi connectivity index (χ3n) is 1.88. The summed E-state index contributed by atoms with van der Waals surface area (Å²) in [6, 6.07) is 1.18. The number of nitrogens with zero attached hydrogens (tertiary/aromatic N) is 1. The van der Waals surface area contributed by atoms with E-state index >= 15 is 0 Å². The van der Waals surface area contributed by atoms with Gasteiger partial charge in [-0.1, -0.05) is 6.92 Å². The summed E-state index contributed by atoms with van der Waals surface area (Å²) in [6.07, 6.45) is 1.52. The highest BCUT2D eigenvalue weighted by molar-refractivity contribution is 5.08. The summed E-state index contributed by atoms with van der Waals surface area (Å²) in [4.78, 5) is 16.9. The fraction of sp³-hybridized carbons (Fsp3) is 0.500. The van der Waals surface area contributed by atoms with Crippen LogP contribution in [0.5, 0.6) is 0 Å². The van der Waals surface area contributed by atoms with Crippen molar-refractivity contribution in [2.24, 2.45) is 0 Å². The van der Waals surface area contributed by atoms with Crippen molar-refractivity contribution in [3.05, 3.63) is 28.4 Å². The molecule has 0 spiro atoms. The van der Waals surface area contributed by atoms with Gasteiger partial charge in [0.1, 0.15) is 5.67 Å². The van der Waals surface area contributed by atoms with Crippen molar-refractivity contribution in [1.82, 2.24) is 9.97 Å². The van der Waals surface area contributed by atoms with E-state index in [1.54, 1.807) is 6.92 Å². The highest BCUT2D eigenvalue weighted by atomic mass is 19.1. The first kappa shape index (κ1) is 8.90. The molecule has 3 nitrogen and oxygen atoms in total. The molecule has 1 N–H and O–H groups in total. The van der Waals surface area contributed by atoms with E-state index in [2.05, 4.69) is 9.97 Å². The van der Waals surface area contributed by atoms with Crippen LogP contribution in [-0.4, -0.2) is 9.97 Å². The smallest absolute Gasteiger partial charge is 0.251 e. The van der Waals surface area contributed by atoms with Gasteiger partial charge in [0.25, 0.3) is 5.56 Å². The van der Waals surface area contributed by atoms with Crippen LogP contribution in [0.15, 0.2) is 17.2 Å². The van der Waals surface area contributed by atoms with Crippen LogP contribution in [0.4, 0.5) is 4.39 Å². The van der Waals surface area contributed by atoms with Gasteiger partial charge in [0.2, 0.25) is 0 Å². The van der Waals surface area contributed by atoms with Gasteiger partial charge >= 0.3 is 0 Å². The van der Waals surface area contributed by atoms with Gasteiger partial charge in [0, 0.05) is 6.07 Å². The Morgan fingerprint density at radius 3 is 2.92 bits per heavy atom. The Hall–Kier alpha value is -1.19. The lowest BCUT2D eigenvalue weighted by atomic mass is 10.0. The fourth-order valence-electron chi connectivity index (χ4n) is 0.835. The molecule has 0 amide bonds. The highest BCUT2D eigenvalue weighted by Crippen LogP contribution is 2.25. The minimum absolute atomic E-state index is 0.189. The van der Waals surface area contributed by atoms with Gasteiger partial charge in [0.15, 0.2) is 0 Å². The Labute approximate surface area is 69.7 Å². The van der Waals surface area contributed by atoms with Crippen molar-refractivity contribution in [3.8, 4) is 0 Å². The van der Waals surface area contributed by atoms with E-state index in [-0.39, 0.29) is 11.3 Å². The molecule has 0 aliphatic carbocycles. The van der Waals surface area contributed by atoms with Crippen LogP contribution in [0.3, 0.4) is 0 Å². The predicted molar refractivity (Wildman–Crippen MR) is 43.6 cm³/mol. The molecular formula is C8H11FN2O. The summed E-state index contributed by atoms with van der Waals surface area (Å²) in [5.74, 6) is 0. The number of hydrogen-bond donors (Lipinski definition) is 1. The van der Waals surface area contributed by atoms with E-state index in [0.29, 0.717) is 6.42 Å².